The molecule has 58 valence electrons. The van der Waals surface area contributed by atoms with E-state index in [0.717, 1.165) is 0 Å². The summed E-state index contributed by atoms with van der Waals surface area (Å²) in [5, 5.41) is 10.3. The fraction of sp³-hybridized carbons (Fsp3) is 0.143. The first-order valence-electron chi connectivity index (χ1n) is 3.10. The van der Waals surface area contributed by atoms with Crippen LogP contribution in [0.3, 0.4) is 0 Å². The summed E-state index contributed by atoms with van der Waals surface area (Å²) in [6, 6.07) is 3.17. The third kappa shape index (κ3) is 1.46. The molecule has 1 aromatic heterocycles. The van der Waals surface area contributed by atoms with Crippen LogP contribution in [0, 0.1) is 10.1 Å². The number of rotatable bonds is 2. The lowest BCUT2D eigenvalue weighted by molar-refractivity contribution is -0.377. The zero-order valence-corrected chi connectivity index (χ0v) is 5.98. The normalized spacial score (nSPS) is 11.5. The van der Waals surface area contributed by atoms with E-state index in [2.05, 4.69) is 0 Å². The minimum absolute atomic E-state index is 0.00463. The van der Waals surface area contributed by atoms with E-state index >= 15 is 0 Å². The highest BCUT2D eigenvalue weighted by molar-refractivity contribution is 5.52. The maximum absolute atomic E-state index is 10.3. The molecule has 0 amide bonds. The number of allylic oxidation sites excluding steroid dienone is 1. The van der Waals surface area contributed by atoms with Crippen LogP contribution in [0.15, 0.2) is 28.9 Å². The molecule has 0 atom stereocenters. The van der Waals surface area contributed by atoms with Gasteiger partial charge in [-0.05, 0) is 25.1 Å². The summed E-state index contributed by atoms with van der Waals surface area (Å²) in [6.07, 6.45) is 2.81. The van der Waals surface area contributed by atoms with Crippen LogP contribution in [-0.2, 0) is 0 Å². The molecule has 4 nitrogen and oxygen atoms in total. The second-order valence-corrected chi connectivity index (χ2v) is 1.91. The van der Waals surface area contributed by atoms with Crippen LogP contribution in [0.25, 0.3) is 5.70 Å². The Bertz CT molecular complexity index is 274. The summed E-state index contributed by atoms with van der Waals surface area (Å²) < 4.78 is 4.84. The number of hydrogen-bond donors (Lipinski definition) is 0. The van der Waals surface area contributed by atoms with Crippen LogP contribution in [-0.4, -0.2) is 4.92 Å². The van der Waals surface area contributed by atoms with E-state index in [1.165, 1.54) is 12.3 Å². The quantitative estimate of drug-likeness (QED) is 0.481. The second-order valence-electron chi connectivity index (χ2n) is 1.91. The van der Waals surface area contributed by atoms with Crippen molar-refractivity contribution < 1.29 is 9.34 Å². The predicted octanol–water partition coefficient (Wildman–Crippen LogP) is 1.92. The topological polar surface area (TPSA) is 56.3 Å². The molecule has 11 heavy (non-hydrogen) atoms. The third-order valence-corrected chi connectivity index (χ3v) is 1.24. The first kappa shape index (κ1) is 7.53. The molecule has 1 aromatic rings. The molecule has 1 heterocycles. The molecule has 4 heteroatoms. The zero-order chi connectivity index (χ0) is 8.27. The summed E-state index contributed by atoms with van der Waals surface area (Å²) in [5.74, 6) is 0.289. The van der Waals surface area contributed by atoms with E-state index in [9.17, 15) is 10.1 Å². The van der Waals surface area contributed by atoms with Crippen LogP contribution in [0.2, 0.25) is 0 Å². The van der Waals surface area contributed by atoms with Gasteiger partial charge < -0.3 is 4.42 Å². The standard InChI is InChI=1S/C7H7NO3/c1-2-6(8(9)10)7-4-3-5-11-7/h2-5H,1H3. The minimum atomic E-state index is -0.473. The van der Waals surface area contributed by atoms with Crippen LogP contribution >= 0.6 is 0 Å². The van der Waals surface area contributed by atoms with E-state index in [0.29, 0.717) is 0 Å². The molecule has 0 unspecified atom stereocenters. The highest BCUT2D eigenvalue weighted by atomic mass is 16.6. The van der Waals surface area contributed by atoms with Crippen molar-refractivity contribution in [2.75, 3.05) is 0 Å². The Balaban J connectivity index is 2.99. The molecule has 0 bridgehead atoms. The Morgan fingerprint density at radius 2 is 2.55 bits per heavy atom. The monoisotopic (exact) mass is 153 g/mol. The largest absolute Gasteiger partial charge is 0.458 e. The number of hydrogen-bond acceptors (Lipinski definition) is 3. The summed E-state index contributed by atoms with van der Waals surface area (Å²) in [7, 11) is 0. The van der Waals surface area contributed by atoms with Gasteiger partial charge in [0.05, 0.1) is 11.2 Å². The van der Waals surface area contributed by atoms with Gasteiger partial charge in [-0.25, -0.2) is 0 Å². The predicted molar refractivity (Wildman–Crippen MR) is 39.4 cm³/mol. The molecule has 1 rings (SSSR count). The van der Waals surface area contributed by atoms with E-state index in [4.69, 9.17) is 4.42 Å². The molecular weight excluding hydrogens is 146 g/mol. The SMILES string of the molecule is CC=C(c1ccco1)[N+](=O)[O-]. The molecule has 0 saturated heterocycles. The van der Waals surface area contributed by atoms with E-state index in [-0.39, 0.29) is 11.5 Å². The van der Waals surface area contributed by atoms with Crippen LogP contribution in [0.1, 0.15) is 12.7 Å². The average molecular weight is 153 g/mol. The Morgan fingerprint density at radius 3 is 2.91 bits per heavy atom. The Labute approximate surface area is 63.3 Å². The lowest BCUT2D eigenvalue weighted by atomic mass is 10.3. The van der Waals surface area contributed by atoms with Gasteiger partial charge in [0, 0.05) is 0 Å². The molecule has 0 N–H and O–H groups in total. The van der Waals surface area contributed by atoms with Crippen molar-refractivity contribution in [2.24, 2.45) is 0 Å². The molecule has 0 radical (unpaired) electrons. The Kier molecular flexibility index (Phi) is 2.06. The van der Waals surface area contributed by atoms with Gasteiger partial charge in [0.1, 0.15) is 0 Å². The van der Waals surface area contributed by atoms with E-state index < -0.39 is 4.92 Å². The highest BCUT2D eigenvalue weighted by Gasteiger charge is 2.14. The van der Waals surface area contributed by atoms with Crippen molar-refractivity contribution in [3.63, 3.8) is 0 Å². The van der Waals surface area contributed by atoms with Crippen LogP contribution in [0.4, 0.5) is 0 Å². The van der Waals surface area contributed by atoms with Gasteiger partial charge in [-0.1, -0.05) is 0 Å². The van der Waals surface area contributed by atoms with Crippen molar-refractivity contribution in [1.82, 2.24) is 0 Å². The van der Waals surface area contributed by atoms with Gasteiger partial charge in [0.25, 0.3) is 0 Å². The molecule has 0 fully saturated rings. The van der Waals surface area contributed by atoms with Crippen LogP contribution < -0.4 is 0 Å². The van der Waals surface area contributed by atoms with E-state index in [1.807, 2.05) is 0 Å². The molecule has 0 spiro atoms. The van der Waals surface area contributed by atoms with Gasteiger partial charge in [0.2, 0.25) is 5.76 Å². The number of furan rings is 1. The molecule has 0 aliphatic carbocycles. The summed E-state index contributed by atoms with van der Waals surface area (Å²) in [4.78, 5) is 9.83. The number of nitrogens with zero attached hydrogens (tertiary/aromatic N) is 1. The molecule has 0 aromatic carbocycles. The summed E-state index contributed by atoms with van der Waals surface area (Å²) >= 11 is 0. The number of nitro groups is 1. The average Bonchev–Trinajstić information content (AvgIpc) is 2.40. The van der Waals surface area contributed by atoms with Gasteiger partial charge >= 0.3 is 5.70 Å². The lowest BCUT2D eigenvalue weighted by Gasteiger charge is -1.90. The highest BCUT2D eigenvalue weighted by Crippen LogP contribution is 2.14. The zero-order valence-electron chi connectivity index (χ0n) is 5.98. The van der Waals surface area contributed by atoms with Gasteiger partial charge in [0.15, 0.2) is 0 Å². The Hall–Kier alpha value is -1.58. The van der Waals surface area contributed by atoms with Crippen molar-refractivity contribution in [3.8, 4) is 0 Å². The Morgan fingerprint density at radius 1 is 1.82 bits per heavy atom. The van der Waals surface area contributed by atoms with Crippen molar-refractivity contribution in [3.05, 3.63) is 40.3 Å². The lowest BCUT2D eigenvalue weighted by Crippen LogP contribution is -1.95. The fourth-order valence-electron chi connectivity index (χ4n) is 0.762. The van der Waals surface area contributed by atoms with Gasteiger partial charge in [-0.3, -0.25) is 10.1 Å². The molecule has 0 aliphatic rings. The van der Waals surface area contributed by atoms with E-state index in [1.54, 1.807) is 19.1 Å². The van der Waals surface area contributed by atoms with Crippen molar-refractivity contribution in [1.29, 1.82) is 0 Å². The summed E-state index contributed by atoms with van der Waals surface area (Å²) in [5.41, 5.74) is -0.00463. The van der Waals surface area contributed by atoms with Crippen molar-refractivity contribution in [2.45, 2.75) is 6.92 Å². The second kappa shape index (κ2) is 3.01. The smallest absolute Gasteiger partial charge is 0.307 e. The van der Waals surface area contributed by atoms with Gasteiger partial charge in [-0.15, -0.1) is 0 Å². The maximum Gasteiger partial charge on any atom is 0.307 e. The summed E-state index contributed by atoms with van der Waals surface area (Å²) in [6.45, 7) is 1.60. The minimum Gasteiger partial charge on any atom is -0.458 e. The fourth-order valence-corrected chi connectivity index (χ4v) is 0.762. The first-order valence-corrected chi connectivity index (χ1v) is 3.10. The van der Waals surface area contributed by atoms with Crippen molar-refractivity contribution >= 4 is 5.70 Å². The molecular formula is C7H7NO3. The molecule has 0 aliphatic heterocycles. The van der Waals surface area contributed by atoms with Crippen LogP contribution in [0.5, 0.6) is 0 Å². The third-order valence-electron chi connectivity index (χ3n) is 1.24. The first-order chi connectivity index (χ1) is 5.25. The molecule has 0 saturated carbocycles. The van der Waals surface area contributed by atoms with Gasteiger partial charge in [-0.2, -0.15) is 0 Å². The maximum atomic E-state index is 10.3.